The molecule has 0 bridgehead atoms. The van der Waals surface area contributed by atoms with Gasteiger partial charge in [-0.15, -0.1) is 0 Å². The lowest BCUT2D eigenvalue weighted by Crippen LogP contribution is -1.97. The normalized spacial score (nSPS) is 10.1. The van der Waals surface area contributed by atoms with Gasteiger partial charge in [0.15, 0.2) is 0 Å². The van der Waals surface area contributed by atoms with Crippen molar-refractivity contribution in [3.8, 4) is 11.8 Å². The van der Waals surface area contributed by atoms with Crippen LogP contribution in [0.5, 0.6) is 5.75 Å². The molecule has 0 radical (unpaired) electrons. The standard InChI is InChI=1S/C13H17NO/c1-4-10(5-2)11-6-7-12(9-14)13(8-11)15-3/h6-8,10H,4-5H2,1-3H3. The highest BCUT2D eigenvalue weighted by atomic mass is 16.5. The average Bonchev–Trinajstić information content (AvgIpc) is 2.30. The smallest absolute Gasteiger partial charge is 0.136 e. The summed E-state index contributed by atoms with van der Waals surface area (Å²) in [5.74, 6) is 1.24. The van der Waals surface area contributed by atoms with E-state index in [1.165, 1.54) is 5.56 Å². The van der Waals surface area contributed by atoms with Crippen LogP contribution < -0.4 is 4.74 Å². The second kappa shape index (κ2) is 5.41. The fraction of sp³-hybridized carbons (Fsp3) is 0.462. The Kier molecular flexibility index (Phi) is 4.17. The lowest BCUT2D eigenvalue weighted by molar-refractivity contribution is 0.412. The minimum atomic E-state index is 0.562. The summed E-state index contributed by atoms with van der Waals surface area (Å²) in [5.41, 5.74) is 1.86. The van der Waals surface area contributed by atoms with E-state index in [1.54, 1.807) is 7.11 Å². The number of ether oxygens (including phenoxy) is 1. The molecule has 0 aliphatic heterocycles. The summed E-state index contributed by atoms with van der Waals surface area (Å²) < 4.78 is 5.19. The summed E-state index contributed by atoms with van der Waals surface area (Å²) in [6, 6.07) is 7.97. The Labute approximate surface area is 91.5 Å². The summed E-state index contributed by atoms with van der Waals surface area (Å²) in [6.45, 7) is 4.36. The molecule has 2 heteroatoms. The fourth-order valence-electron chi connectivity index (χ4n) is 1.81. The van der Waals surface area contributed by atoms with Gasteiger partial charge in [-0.3, -0.25) is 0 Å². The third-order valence-electron chi connectivity index (χ3n) is 2.80. The monoisotopic (exact) mass is 203 g/mol. The molecule has 0 atom stereocenters. The van der Waals surface area contributed by atoms with E-state index in [0.29, 0.717) is 17.2 Å². The first-order valence-corrected chi connectivity index (χ1v) is 5.34. The van der Waals surface area contributed by atoms with Crippen LogP contribution in [0.2, 0.25) is 0 Å². The van der Waals surface area contributed by atoms with Crippen LogP contribution in [0, 0.1) is 11.3 Å². The summed E-state index contributed by atoms with van der Waals surface area (Å²) in [7, 11) is 1.60. The molecule has 0 unspecified atom stereocenters. The van der Waals surface area contributed by atoms with E-state index in [9.17, 15) is 0 Å². The van der Waals surface area contributed by atoms with Gasteiger partial charge in [0.05, 0.1) is 12.7 Å². The van der Waals surface area contributed by atoms with Crippen LogP contribution in [0.3, 0.4) is 0 Å². The summed E-state index contributed by atoms with van der Waals surface area (Å²) >= 11 is 0. The second-order valence-corrected chi connectivity index (χ2v) is 3.58. The van der Waals surface area contributed by atoms with Gasteiger partial charge in [-0.05, 0) is 36.5 Å². The first kappa shape index (κ1) is 11.6. The molecule has 1 aromatic carbocycles. The Balaban J connectivity index is 3.08. The molecule has 0 heterocycles. The Morgan fingerprint density at radius 1 is 1.33 bits per heavy atom. The maximum Gasteiger partial charge on any atom is 0.136 e. The molecule has 1 rings (SSSR count). The second-order valence-electron chi connectivity index (χ2n) is 3.58. The maximum absolute atomic E-state index is 8.86. The number of hydrogen-bond acceptors (Lipinski definition) is 2. The number of hydrogen-bond donors (Lipinski definition) is 0. The third-order valence-corrected chi connectivity index (χ3v) is 2.80. The van der Waals surface area contributed by atoms with Gasteiger partial charge in [0, 0.05) is 0 Å². The number of methoxy groups -OCH3 is 1. The topological polar surface area (TPSA) is 33.0 Å². The number of nitrogens with zero attached hydrogens (tertiary/aromatic N) is 1. The first-order valence-electron chi connectivity index (χ1n) is 5.34. The number of nitriles is 1. The van der Waals surface area contributed by atoms with E-state index in [4.69, 9.17) is 10.00 Å². The van der Waals surface area contributed by atoms with Crippen LogP contribution in [0.15, 0.2) is 18.2 Å². The number of benzene rings is 1. The highest BCUT2D eigenvalue weighted by Crippen LogP contribution is 2.28. The molecule has 0 spiro atoms. The Bertz CT molecular complexity index is 361. The van der Waals surface area contributed by atoms with Crippen LogP contribution in [0.4, 0.5) is 0 Å². The largest absolute Gasteiger partial charge is 0.495 e. The van der Waals surface area contributed by atoms with Crippen LogP contribution in [0.25, 0.3) is 0 Å². The first-order chi connectivity index (χ1) is 7.26. The van der Waals surface area contributed by atoms with Crippen molar-refractivity contribution in [3.05, 3.63) is 29.3 Å². The summed E-state index contributed by atoms with van der Waals surface area (Å²) in [4.78, 5) is 0. The quantitative estimate of drug-likeness (QED) is 0.750. The molecule has 15 heavy (non-hydrogen) atoms. The third kappa shape index (κ3) is 2.50. The van der Waals surface area contributed by atoms with E-state index in [2.05, 4.69) is 19.9 Å². The predicted octanol–water partition coefficient (Wildman–Crippen LogP) is 3.47. The Morgan fingerprint density at radius 3 is 2.47 bits per heavy atom. The number of rotatable bonds is 4. The van der Waals surface area contributed by atoms with Crippen LogP contribution in [-0.2, 0) is 0 Å². The zero-order valence-corrected chi connectivity index (χ0v) is 9.58. The molecule has 0 aromatic heterocycles. The molecule has 0 aliphatic rings. The minimum absolute atomic E-state index is 0.562. The fourth-order valence-corrected chi connectivity index (χ4v) is 1.81. The highest BCUT2D eigenvalue weighted by Gasteiger charge is 2.10. The van der Waals surface area contributed by atoms with Gasteiger partial charge >= 0.3 is 0 Å². The van der Waals surface area contributed by atoms with Gasteiger partial charge in [-0.1, -0.05) is 19.9 Å². The maximum atomic E-state index is 8.86. The molecular weight excluding hydrogens is 186 g/mol. The molecule has 0 saturated carbocycles. The van der Waals surface area contributed by atoms with E-state index >= 15 is 0 Å². The van der Waals surface area contributed by atoms with Crippen molar-refractivity contribution >= 4 is 0 Å². The minimum Gasteiger partial charge on any atom is -0.495 e. The lowest BCUT2D eigenvalue weighted by atomic mass is 9.93. The molecular formula is C13H17NO. The molecule has 0 fully saturated rings. The Morgan fingerprint density at radius 2 is 2.00 bits per heavy atom. The van der Waals surface area contributed by atoms with Crippen molar-refractivity contribution in [3.63, 3.8) is 0 Å². The van der Waals surface area contributed by atoms with Gasteiger partial charge in [-0.2, -0.15) is 5.26 Å². The van der Waals surface area contributed by atoms with E-state index in [1.807, 2.05) is 18.2 Å². The van der Waals surface area contributed by atoms with Crippen molar-refractivity contribution in [2.75, 3.05) is 7.11 Å². The van der Waals surface area contributed by atoms with Crippen molar-refractivity contribution in [2.45, 2.75) is 32.6 Å². The molecule has 0 aliphatic carbocycles. The zero-order valence-electron chi connectivity index (χ0n) is 9.58. The van der Waals surface area contributed by atoms with Gasteiger partial charge < -0.3 is 4.74 Å². The summed E-state index contributed by atoms with van der Waals surface area (Å²) in [5, 5.41) is 8.86. The highest BCUT2D eigenvalue weighted by molar-refractivity contribution is 5.46. The van der Waals surface area contributed by atoms with Gasteiger partial charge in [0.2, 0.25) is 0 Å². The van der Waals surface area contributed by atoms with Crippen LogP contribution in [-0.4, -0.2) is 7.11 Å². The van der Waals surface area contributed by atoms with E-state index in [-0.39, 0.29) is 0 Å². The molecule has 80 valence electrons. The van der Waals surface area contributed by atoms with Gasteiger partial charge in [0.25, 0.3) is 0 Å². The SMILES string of the molecule is CCC(CC)c1ccc(C#N)c(OC)c1. The van der Waals surface area contributed by atoms with Crippen molar-refractivity contribution < 1.29 is 4.74 Å². The zero-order chi connectivity index (χ0) is 11.3. The van der Waals surface area contributed by atoms with E-state index in [0.717, 1.165) is 12.8 Å². The van der Waals surface area contributed by atoms with Gasteiger partial charge in [-0.25, -0.2) is 0 Å². The lowest BCUT2D eigenvalue weighted by Gasteiger charge is -2.14. The van der Waals surface area contributed by atoms with Crippen molar-refractivity contribution in [1.82, 2.24) is 0 Å². The molecule has 0 N–H and O–H groups in total. The van der Waals surface area contributed by atoms with Crippen molar-refractivity contribution in [1.29, 1.82) is 5.26 Å². The van der Waals surface area contributed by atoms with Crippen LogP contribution in [0.1, 0.15) is 43.7 Å². The average molecular weight is 203 g/mol. The van der Waals surface area contributed by atoms with Crippen molar-refractivity contribution in [2.24, 2.45) is 0 Å². The molecule has 0 amide bonds. The summed E-state index contributed by atoms with van der Waals surface area (Å²) in [6.07, 6.45) is 2.23. The predicted molar refractivity (Wildman–Crippen MR) is 61.0 cm³/mol. The molecule has 2 nitrogen and oxygen atoms in total. The van der Waals surface area contributed by atoms with Gasteiger partial charge in [0.1, 0.15) is 11.8 Å². The molecule has 0 saturated heterocycles. The molecule has 1 aromatic rings. The van der Waals surface area contributed by atoms with Crippen LogP contribution >= 0.6 is 0 Å². The van der Waals surface area contributed by atoms with E-state index < -0.39 is 0 Å². The Hall–Kier alpha value is -1.49.